The number of likely N-dealkylation sites (tertiary alicyclic amines) is 1. The molecule has 2 aromatic heterocycles. The fourth-order valence-electron chi connectivity index (χ4n) is 6.86. The van der Waals surface area contributed by atoms with Crippen LogP contribution in [0.15, 0.2) is 36.4 Å². The molecule has 2 N–H and O–H groups in total. The Kier molecular flexibility index (Phi) is 5.52. The number of benzene rings is 2. The smallest absolute Gasteiger partial charge is 0.404 e. The molecule has 204 valence electrons. The monoisotopic (exact) mass is 538 g/mol. The number of nitriles is 1. The maximum Gasteiger partial charge on any atom is 0.404 e. The number of hydrogen-bond acceptors (Lipinski definition) is 5. The molecule has 10 heteroatoms. The van der Waals surface area contributed by atoms with Gasteiger partial charge in [0.25, 0.3) is 5.91 Å². The number of hydrogen-bond donors (Lipinski definition) is 2. The first-order valence-corrected chi connectivity index (χ1v) is 13.7. The van der Waals surface area contributed by atoms with Crippen molar-refractivity contribution in [1.82, 2.24) is 24.3 Å². The van der Waals surface area contributed by atoms with Gasteiger partial charge in [-0.1, -0.05) is 0 Å². The lowest BCUT2D eigenvalue weighted by molar-refractivity contribution is 0.0697. The number of piperidine rings is 1. The lowest BCUT2D eigenvalue weighted by atomic mass is 10.1. The van der Waals surface area contributed by atoms with Crippen molar-refractivity contribution in [2.24, 2.45) is 18.9 Å². The quantitative estimate of drug-likeness (QED) is 0.376. The van der Waals surface area contributed by atoms with Crippen LogP contribution in [0.4, 0.5) is 4.79 Å². The molecule has 1 saturated heterocycles. The first kappa shape index (κ1) is 24.5. The molecular weight excluding hydrogens is 508 g/mol. The van der Waals surface area contributed by atoms with Crippen LogP contribution in [0.25, 0.3) is 33.5 Å². The molecule has 4 aromatic rings. The van der Waals surface area contributed by atoms with E-state index in [2.05, 4.69) is 22.0 Å². The fourth-order valence-corrected chi connectivity index (χ4v) is 6.86. The van der Waals surface area contributed by atoms with Crippen molar-refractivity contribution in [3.63, 3.8) is 0 Å². The molecule has 0 spiro atoms. The molecular formula is C30H30N6O4. The zero-order valence-corrected chi connectivity index (χ0v) is 22.4. The Labute approximate surface area is 230 Å². The molecule has 2 bridgehead atoms. The van der Waals surface area contributed by atoms with Crippen molar-refractivity contribution in [1.29, 1.82) is 5.26 Å². The molecule has 0 radical (unpaired) electrons. The molecule has 2 amide bonds. The highest BCUT2D eigenvalue weighted by Gasteiger charge is 2.49. The summed E-state index contributed by atoms with van der Waals surface area (Å²) in [7, 11) is 3.55. The number of nitrogens with zero attached hydrogens (tertiary/aromatic N) is 5. The zero-order chi connectivity index (χ0) is 27.7. The molecule has 2 aromatic carbocycles. The van der Waals surface area contributed by atoms with Gasteiger partial charge in [0, 0.05) is 36.6 Å². The molecule has 1 unspecified atom stereocenters. The van der Waals surface area contributed by atoms with Crippen LogP contribution in [0.3, 0.4) is 0 Å². The van der Waals surface area contributed by atoms with E-state index in [-0.39, 0.29) is 23.9 Å². The second kappa shape index (κ2) is 9.01. The predicted octanol–water partition coefficient (Wildman–Crippen LogP) is 4.36. The minimum atomic E-state index is -1.05. The Morgan fingerprint density at radius 1 is 1.18 bits per heavy atom. The van der Waals surface area contributed by atoms with Gasteiger partial charge in [0.1, 0.15) is 11.3 Å². The van der Waals surface area contributed by atoms with Gasteiger partial charge in [0.15, 0.2) is 5.82 Å². The largest absolute Gasteiger partial charge is 0.494 e. The Hall–Kier alpha value is -4.52. The van der Waals surface area contributed by atoms with Crippen molar-refractivity contribution in [3.05, 3.63) is 47.5 Å². The molecule has 3 atom stereocenters. The highest BCUT2D eigenvalue weighted by atomic mass is 16.5. The number of carbonyl (C=O) groups excluding carboxylic acids is 1. The fraction of sp³-hybridized carbons (Fsp3) is 0.400. The number of carbonyl (C=O) groups is 2. The minimum Gasteiger partial charge on any atom is -0.494 e. The first-order chi connectivity index (χ1) is 19.4. The van der Waals surface area contributed by atoms with Gasteiger partial charge in [-0.15, -0.1) is 0 Å². The number of fused-ring (bicyclic) bond motifs is 4. The van der Waals surface area contributed by atoms with E-state index in [1.165, 1.54) is 12.8 Å². The number of aromatic nitrogens is 3. The summed E-state index contributed by atoms with van der Waals surface area (Å²) < 4.78 is 10.1. The number of nitrogens with one attached hydrogen (secondary N) is 1. The first-order valence-electron chi connectivity index (χ1n) is 13.7. The topological polar surface area (TPSA) is 125 Å². The highest BCUT2D eigenvalue weighted by molar-refractivity contribution is 6.00. The molecule has 10 nitrogen and oxygen atoms in total. The van der Waals surface area contributed by atoms with E-state index >= 15 is 0 Å². The van der Waals surface area contributed by atoms with E-state index in [0.717, 1.165) is 47.3 Å². The summed E-state index contributed by atoms with van der Waals surface area (Å²) >= 11 is 0. The van der Waals surface area contributed by atoms with Gasteiger partial charge >= 0.3 is 6.09 Å². The Balaban J connectivity index is 1.31. The van der Waals surface area contributed by atoms with E-state index in [4.69, 9.17) is 9.72 Å². The normalized spacial score (nSPS) is 21.7. The molecule has 3 fully saturated rings. The van der Waals surface area contributed by atoms with Crippen LogP contribution in [0, 0.1) is 23.2 Å². The summed E-state index contributed by atoms with van der Waals surface area (Å²) in [6.07, 6.45) is 3.06. The van der Waals surface area contributed by atoms with Crippen LogP contribution < -0.4 is 10.1 Å². The van der Waals surface area contributed by atoms with Crippen LogP contribution in [-0.2, 0) is 13.6 Å². The lowest BCUT2D eigenvalue weighted by Gasteiger charge is -2.27. The maximum absolute atomic E-state index is 13.7. The van der Waals surface area contributed by atoms with Crippen molar-refractivity contribution in [3.8, 4) is 23.3 Å². The Morgan fingerprint density at radius 3 is 2.73 bits per heavy atom. The molecule has 1 aliphatic heterocycles. The lowest BCUT2D eigenvalue weighted by Crippen LogP contribution is -2.45. The van der Waals surface area contributed by atoms with Crippen LogP contribution in [-0.4, -0.2) is 61.9 Å². The van der Waals surface area contributed by atoms with Gasteiger partial charge in [0.2, 0.25) is 0 Å². The Morgan fingerprint density at radius 2 is 2.00 bits per heavy atom. The van der Waals surface area contributed by atoms with Crippen molar-refractivity contribution >= 4 is 33.9 Å². The third-order valence-corrected chi connectivity index (χ3v) is 8.94. The number of ether oxygens (including phenoxy) is 1. The summed E-state index contributed by atoms with van der Waals surface area (Å²) in [5, 5.41) is 22.3. The standard InChI is InChI=1S/C30H30N6O4/c1-34-27-21(32-28(34)24-11-19-9-17(13-31)5-7-22(19)35(24)14-16-3-4-16)10-20(12-25(27)40-2)29(37)36-15-18-6-8-23(36)26(18)33-30(38)39/h5,7,9-12,16,18,23,26,33H,3-4,6,8,14-15H2,1-2H3,(H,38,39)/t18-,23+,26?/m1/s1. The minimum absolute atomic E-state index is 0.132. The number of rotatable bonds is 6. The molecule has 7 rings (SSSR count). The summed E-state index contributed by atoms with van der Waals surface area (Å²) in [4.78, 5) is 31.9. The summed E-state index contributed by atoms with van der Waals surface area (Å²) in [6.45, 7) is 1.42. The second-order valence-electron chi connectivity index (χ2n) is 11.3. The SMILES string of the molecule is COc1cc(C(=O)N2C[C@H]3CC[C@H]2C3NC(=O)O)cc2nc(-c3cc4cc(C#N)ccc4n3CC3CC3)n(C)c12. The average molecular weight is 539 g/mol. The number of carboxylic acid groups (broad SMARTS) is 1. The molecule has 2 aliphatic carbocycles. The molecule has 40 heavy (non-hydrogen) atoms. The zero-order valence-electron chi connectivity index (χ0n) is 22.4. The summed E-state index contributed by atoms with van der Waals surface area (Å²) in [5.74, 6) is 1.95. The number of methoxy groups -OCH3 is 1. The predicted molar refractivity (Wildman–Crippen MR) is 148 cm³/mol. The third kappa shape index (κ3) is 3.79. The van der Waals surface area contributed by atoms with Crippen LogP contribution in [0.1, 0.15) is 41.6 Å². The number of amides is 2. The Bertz CT molecular complexity index is 1740. The summed E-state index contributed by atoms with van der Waals surface area (Å²) in [5.41, 5.74) is 4.59. The molecule has 2 saturated carbocycles. The summed E-state index contributed by atoms with van der Waals surface area (Å²) in [6, 6.07) is 13.3. The van der Waals surface area contributed by atoms with E-state index in [9.17, 15) is 20.0 Å². The van der Waals surface area contributed by atoms with Gasteiger partial charge in [-0.3, -0.25) is 4.79 Å². The van der Waals surface area contributed by atoms with Gasteiger partial charge in [-0.25, -0.2) is 9.78 Å². The highest BCUT2D eigenvalue weighted by Crippen LogP contribution is 2.41. The second-order valence-corrected chi connectivity index (χ2v) is 11.3. The number of imidazole rings is 1. The van der Waals surface area contributed by atoms with E-state index < -0.39 is 6.09 Å². The van der Waals surface area contributed by atoms with Crippen molar-refractivity contribution in [2.45, 2.75) is 44.3 Å². The van der Waals surface area contributed by atoms with E-state index in [0.29, 0.717) is 34.9 Å². The van der Waals surface area contributed by atoms with Crippen LogP contribution in [0.5, 0.6) is 5.75 Å². The number of aryl methyl sites for hydroxylation is 1. The van der Waals surface area contributed by atoms with Gasteiger partial charge < -0.3 is 29.2 Å². The molecule has 3 heterocycles. The average Bonchev–Trinajstić information content (AvgIpc) is 3.31. The van der Waals surface area contributed by atoms with Crippen LogP contribution in [0.2, 0.25) is 0 Å². The van der Waals surface area contributed by atoms with Gasteiger partial charge in [-0.05, 0) is 73.9 Å². The van der Waals surface area contributed by atoms with Crippen molar-refractivity contribution in [2.75, 3.05) is 13.7 Å². The van der Waals surface area contributed by atoms with Gasteiger partial charge in [-0.2, -0.15) is 5.26 Å². The van der Waals surface area contributed by atoms with Gasteiger partial charge in [0.05, 0.1) is 42.0 Å². The maximum atomic E-state index is 13.7. The van der Waals surface area contributed by atoms with Crippen molar-refractivity contribution < 1.29 is 19.4 Å². The molecule has 3 aliphatic rings. The van der Waals surface area contributed by atoms with E-state index in [1.807, 2.05) is 35.9 Å². The third-order valence-electron chi connectivity index (χ3n) is 8.94. The van der Waals surface area contributed by atoms with E-state index in [1.54, 1.807) is 18.1 Å². The van der Waals surface area contributed by atoms with Crippen LogP contribution >= 0.6 is 0 Å².